The monoisotopic (exact) mass is 237 g/mol. The van der Waals surface area contributed by atoms with Crippen molar-refractivity contribution in [3.8, 4) is 6.07 Å². The summed E-state index contributed by atoms with van der Waals surface area (Å²) in [5.41, 5.74) is 0.0970. The van der Waals surface area contributed by atoms with E-state index in [-0.39, 0.29) is 17.8 Å². The first kappa shape index (κ1) is 17.1. The van der Waals surface area contributed by atoms with Crippen molar-refractivity contribution in [1.82, 2.24) is 0 Å². The van der Waals surface area contributed by atoms with Crippen molar-refractivity contribution in [3.63, 3.8) is 0 Å². The van der Waals surface area contributed by atoms with Crippen LogP contribution in [0.4, 0.5) is 0 Å². The summed E-state index contributed by atoms with van der Waals surface area (Å²) in [5.74, 6) is -1.67. The van der Waals surface area contributed by atoms with Crippen LogP contribution in [0.3, 0.4) is 0 Å². The molecule has 0 heterocycles. The molecule has 0 aromatic heterocycles. The van der Waals surface area contributed by atoms with Crippen LogP contribution in [0.1, 0.15) is 13.8 Å². The number of rotatable bonds is 4. The van der Waals surface area contributed by atoms with Crippen molar-refractivity contribution in [3.05, 3.63) is 36.5 Å². The maximum atomic E-state index is 10.9. The third-order valence-electron chi connectivity index (χ3n) is 1.36. The average Bonchev–Trinajstić information content (AvgIpc) is 2.29. The van der Waals surface area contributed by atoms with Crippen molar-refractivity contribution in [2.75, 3.05) is 6.61 Å². The van der Waals surface area contributed by atoms with E-state index in [0.29, 0.717) is 0 Å². The van der Waals surface area contributed by atoms with E-state index in [0.717, 1.165) is 0 Å². The Kier molecular flexibility index (Phi) is 10.2. The van der Waals surface area contributed by atoms with E-state index < -0.39 is 11.9 Å². The zero-order valence-electron chi connectivity index (χ0n) is 9.90. The number of allylic oxidation sites excluding steroid dienone is 1. The van der Waals surface area contributed by atoms with Gasteiger partial charge in [-0.2, -0.15) is 5.26 Å². The molecule has 0 saturated heterocycles. The lowest BCUT2D eigenvalue weighted by atomic mass is 10.2. The Morgan fingerprint density at radius 3 is 2.29 bits per heavy atom. The zero-order valence-corrected chi connectivity index (χ0v) is 9.90. The van der Waals surface area contributed by atoms with Crippen molar-refractivity contribution in [2.24, 2.45) is 0 Å². The van der Waals surface area contributed by atoms with Gasteiger partial charge in [0.2, 0.25) is 0 Å². The smallest absolute Gasteiger partial charge is 0.337 e. The molecule has 0 unspecified atom stereocenters. The molecule has 92 valence electrons. The van der Waals surface area contributed by atoms with E-state index in [1.165, 1.54) is 19.1 Å². The molecule has 0 rings (SSSR count). The predicted octanol–water partition coefficient (Wildman–Crippen LogP) is 1.83. The van der Waals surface area contributed by atoms with Gasteiger partial charge in [-0.25, -0.2) is 9.59 Å². The largest absolute Gasteiger partial charge is 0.478 e. The summed E-state index contributed by atoms with van der Waals surface area (Å²) < 4.78 is 4.61. The molecule has 0 saturated carbocycles. The van der Waals surface area contributed by atoms with E-state index in [4.69, 9.17) is 10.4 Å². The number of carboxylic acids is 1. The molecule has 5 heteroatoms. The van der Waals surface area contributed by atoms with Crippen LogP contribution < -0.4 is 0 Å². The molecule has 1 N–H and O–H groups in total. The second-order valence-corrected chi connectivity index (χ2v) is 2.71. The summed E-state index contributed by atoms with van der Waals surface area (Å²) in [5, 5.41) is 16.0. The van der Waals surface area contributed by atoms with Crippen LogP contribution in [0, 0.1) is 11.3 Å². The number of aliphatic carboxylic acids is 1. The van der Waals surface area contributed by atoms with Crippen LogP contribution >= 0.6 is 0 Å². The molecule has 0 aromatic carbocycles. The molecule has 0 atom stereocenters. The minimum absolute atomic E-state index is 0.0433. The van der Waals surface area contributed by atoms with Crippen molar-refractivity contribution in [2.45, 2.75) is 13.8 Å². The van der Waals surface area contributed by atoms with Crippen LogP contribution in [0.5, 0.6) is 0 Å². The van der Waals surface area contributed by atoms with E-state index in [1.54, 1.807) is 13.0 Å². The molecule has 0 fully saturated rings. The Morgan fingerprint density at radius 2 is 2.00 bits per heavy atom. The van der Waals surface area contributed by atoms with Gasteiger partial charge in [-0.3, -0.25) is 0 Å². The first-order valence-corrected chi connectivity index (χ1v) is 4.68. The number of esters is 1. The fourth-order valence-electron chi connectivity index (χ4n) is 0.606. The lowest BCUT2D eigenvalue weighted by molar-refractivity contribution is -0.138. The van der Waals surface area contributed by atoms with E-state index >= 15 is 0 Å². The molecule has 0 aromatic rings. The van der Waals surface area contributed by atoms with Gasteiger partial charge in [0.15, 0.2) is 0 Å². The van der Waals surface area contributed by atoms with E-state index in [1.807, 2.05) is 0 Å². The Bertz CT molecular complexity index is 374. The summed E-state index contributed by atoms with van der Waals surface area (Å²) in [6.07, 6.45) is 2.36. The molecule has 17 heavy (non-hydrogen) atoms. The van der Waals surface area contributed by atoms with Crippen molar-refractivity contribution < 1.29 is 19.4 Å². The molecule has 0 radical (unpaired) electrons. The maximum absolute atomic E-state index is 10.9. The van der Waals surface area contributed by atoms with E-state index in [9.17, 15) is 9.59 Å². The van der Waals surface area contributed by atoms with Gasteiger partial charge in [0.25, 0.3) is 0 Å². The fraction of sp³-hybridized carbons (Fsp3) is 0.250. The highest BCUT2D eigenvalue weighted by Crippen LogP contribution is 2.02. The average molecular weight is 237 g/mol. The molecule has 0 amide bonds. The minimum atomic E-state index is -1.08. The van der Waals surface area contributed by atoms with Gasteiger partial charge in [-0.05, 0) is 19.9 Å². The number of carbonyl (C=O) groups is 2. The molecular formula is C12H15NO4. The van der Waals surface area contributed by atoms with Gasteiger partial charge >= 0.3 is 11.9 Å². The summed E-state index contributed by atoms with van der Waals surface area (Å²) in [6, 6.07) is 1.69. The summed E-state index contributed by atoms with van der Waals surface area (Å²) >= 11 is 0. The first-order valence-electron chi connectivity index (χ1n) is 4.68. The molecule has 0 aliphatic carbocycles. The topological polar surface area (TPSA) is 87.4 Å². The number of ether oxygens (including phenoxy) is 1. The predicted molar refractivity (Wildman–Crippen MR) is 63.0 cm³/mol. The van der Waals surface area contributed by atoms with Crippen LogP contribution in [-0.2, 0) is 14.3 Å². The molecule has 5 nitrogen and oxygen atoms in total. The highest BCUT2D eigenvalue weighted by Gasteiger charge is 2.07. The number of carboxylic acid groups (broad SMARTS) is 1. The van der Waals surface area contributed by atoms with E-state index in [2.05, 4.69) is 17.9 Å². The van der Waals surface area contributed by atoms with Crippen LogP contribution in [0.25, 0.3) is 0 Å². The standard InChI is InChI=1S/C9H12O4.C3H3N/c1-4-13-9(12)7(3)5-6(2)8(10)11;1-2-3-4/h5H,3-4H2,1-2H3,(H,10,11);2H,1H2. The summed E-state index contributed by atoms with van der Waals surface area (Å²) in [7, 11) is 0. The van der Waals surface area contributed by atoms with Gasteiger partial charge in [-0.15, -0.1) is 0 Å². The highest BCUT2D eigenvalue weighted by molar-refractivity contribution is 5.94. The Labute approximate surface area is 100 Å². The van der Waals surface area contributed by atoms with Crippen LogP contribution in [0.2, 0.25) is 0 Å². The van der Waals surface area contributed by atoms with Gasteiger partial charge in [0, 0.05) is 11.6 Å². The Morgan fingerprint density at radius 1 is 1.53 bits per heavy atom. The van der Waals surface area contributed by atoms with Gasteiger partial charge < -0.3 is 9.84 Å². The number of carbonyl (C=O) groups excluding carboxylic acids is 1. The number of nitriles is 1. The van der Waals surface area contributed by atoms with Crippen LogP contribution in [0.15, 0.2) is 36.5 Å². The Hall–Kier alpha value is -2.35. The Balaban J connectivity index is 0. The molecule has 0 aliphatic heterocycles. The number of nitrogens with zero attached hydrogens (tertiary/aromatic N) is 1. The van der Waals surface area contributed by atoms with Crippen molar-refractivity contribution >= 4 is 11.9 Å². The third-order valence-corrected chi connectivity index (χ3v) is 1.36. The van der Waals surface area contributed by atoms with Crippen molar-refractivity contribution in [1.29, 1.82) is 5.26 Å². The normalized spacial score (nSPS) is 9.12. The zero-order chi connectivity index (χ0) is 13.8. The fourth-order valence-corrected chi connectivity index (χ4v) is 0.606. The van der Waals surface area contributed by atoms with Gasteiger partial charge in [-0.1, -0.05) is 13.2 Å². The van der Waals surface area contributed by atoms with Gasteiger partial charge in [0.05, 0.1) is 18.2 Å². The second-order valence-electron chi connectivity index (χ2n) is 2.71. The SMILES string of the molecule is C=C(C=C(C)C(=O)O)C(=O)OCC.C=CC#N. The third kappa shape index (κ3) is 9.94. The summed E-state index contributed by atoms with van der Waals surface area (Å²) in [4.78, 5) is 21.3. The molecule has 0 spiro atoms. The highest BCUT2D eigenvalue weighted by atomic mass is 16.5. The summed E-state index contributed by atoms with van der Waals surface area (Å²) in [6.45, 7) is 9.79. The molecule has 0 bridgehead atoms. The molecular weight excluding hydrogens is 222 g/mol. The first-order chi connectivity index (χ1) is 7.90. The second kappa shape index (κ2) is 10.2. The lowest BCUT2D eigenvalue weighted by Gasteiger charge is -2.00. The quantitative estimate of drug-likeness (QED) is 0.349. The van der Waals surface area contributed by atoms with Crippen LogP contribution in [-0.4, -0.2) is 23.7 Å². The lowest BCUT2D eigenvalue weighted by Crippen LogP contribution is -2.06. The minimum Gasteiger partial charge on any atom is -0.478 e. The molecule has 0 aliphatic rings. The number of hydrogen-bond donors (Lipinski definition) is 1. The maximum Gasteiger partial charge on any atom is 0.337 e. The number of hydrogen-bond acceptors (Lipinski definition) is 4. The van der Waals surface area contributed by atoms with Gasteiger partial charge in [0.1, 0.15) is 0 Å².